The minimum Gasteiger partial charge on any atom is -0.353 e. The third kappa shape index (κ3) is 5.30. The molecule has 1 aromatic carbocycles. The summed E-state index contributed by atoms with van der Waals surface area (Å²) in [7, 11) is 0. The number of pyridine rings is 2. The fourth-order valence-corrected chi connectivity index (χ4v) is 4.65. The molecule has 0 saturated carbocycles. The molecule has 4 rings (SSSR count). The number of piperazine rings is 1. The van der Waals surface area contributed by atoms with Crippen molar-refractivity contribution in [2.24, 2.45) is 0 Å². The predicted molar refractivity (Wildman–Crippen MR) is 122 cm³/mol. The van der Waals surface area contributed by atoms with Crippen molar-refractivity contribution in [3.8, 4) is 0 Å². The molecule has 0 radical (unpaired) electrons. The van der Waals surface area contributed by atoms with Crippen molar-refractivity contribution in [1.82, 2.24) is 14.9 Å². The second-order valence-corrected chi connectivity index (χ2v) is 8.94. The molecule has 0 aliphatic carbocycles. The molecular weight excluding hydrogens is 449 g/mol. The van der Waals surface area contributed by atoms with Crippen LogP contribution in [0.3, 0.4) is 0 Å². The van der Waals surface area contributed by atoms with Gasteiger partial charge in [-0.05, 0) is 49.7 Å². The number of aromatic nitrogens is 2. The van der Waals surface area contributed by atoms with E-state index in [2.05, 4.69) is 16.0 Å². The van der Waals surface area contributed by atoms with E-state index in [9.17, 15) is 18.0 Å². The summed E-state index contributed by atoms with van der Waals surface area (Å²) in [6.45, 7) is 5.95. The normalized spacial score (nSPS) is 14.5. The van der Waals surface area contributed by atoms with E-state index in [1.165, 1.54) is 23.4 Å². The molecule has 0 N–H and O–H groups in total. The average molecular weight is 473 g/mol. The highest BCUT2D eigenvalue weighted by molar-refractivity contribution is 7.99. The Morgan fingerprint density at radius 2 is 1.76 bits per heavy atom. The Labute approximate surface area is 194 Å². The maximum absolute atomic E-state index is 13.3. The van der Waals surface area contributed by atoms with Crippen molar-refractivity contribution in [3.63, 3.8) is 0 Å². The molecule has 3 aromatic rings. The number of hydrogen-bond donors (Lipinski definition) is 0. The molecule has 1 saturated heterocycles. The lowest BCUT2D eigenvalue weighted by molar-refractivity contribution is -0.137. The van der Waals surface area contributed by atoms with Gasteiger partial charge in [-0.2, -0.15) is 13.2 Å². The molecule has 1 amide bonds. The lowest BCUT2D eigenvalue weighted by atomic mass is 10.2. The third-order valence-corrected chi connectivity index (χ3v) is 6.70. The number of rotatable bonds is 4. The fourth-order valence-electron chi connectivity index (χ4n) is 3.70. The first-order valence-electron chi connectivity index (χ1n) is 10.5. The van der Waals surface area contributed by atoms with Crippen LogP contribution in [0.15, 0.2) is 64.8 Å². The highest BCUT2D eigenvalue weighted by Gasteiger charge is 2.31. The van der Waals surface area contributed by atoms with E-state index in [0.29, 0.717) is 42.6 Å². The average Bonchev–Trinajstić information content (AvgIpc) is 2.80. The Bertz CT molecular complexity index is 1140. The van der Waals surface area contributed by atoms with Gasteiger partial charge in [-0.1, -0.05) is 29.5 Å². The number of carbonyl (C=O) groups excluding carboxylic acids is 1. The maximum atomic E-state index is 13.3. The van der Waals surface area contributed by atoms with E-state index < -0.39 is 11.7 Å². The number of carbonyl (C=O) groups is 1. The lowest BCUT2D eigenvalue weighted by Crippen LogP contribution is -2.49. The van der Waals surface area contributed by atoms with Crippen LogP contribution in [0.4, 0.5) is 19.0 Å². The predicted octanol–water partition coefficient (Wildman–Crippen LogP) is 5.23. The number of nitrogens with zero attached hydrogens (tertiary/aromatic N) is 4. The number of anilines is 1. The highest BCUT2D eigenvalue weighted by atomic mass is 32.2. The van der Waals surface area contributed by atoms with Crippen LogP contribution in [0.1, 0.15) is 27.0 Å². The number of aryl methyl sites for hydroxylation is 2. The molecule has 1 fully saturated rings. The van der Waals surface area contributed by atoms with Crippen LogP contribution in [0.5, 0.6) is 0 Å². The number of benzene rings is 1. The summed E-state index contributed by atoms with van der Waals surface area (Å²) in [5, 5.41) is 0.654. The Balaban J connectivity index is 1.44. The summed E-state index contributed by atoms with van der Waals surface area (Å²) in [6.07, 6.45) is -1.89. The van der Waals surface area contributed by atoms with Crippen LogP contribution in [0, 0.1) is 13.8 Å². The SMILES string of the molecule is Cc1ccc(Sc2ncccc2C(=O)N2CCN(c3ccc(C(F)(F)F)cn3)CC2)c(C)c1. The minimum atomic E-state index is -4.41. The summed E-state index contributed by atoms with van der Waals surface area (Å²) in [5.41, 5.74) is 2.07. The van der Waals surface area contributed by atoms with Crippen molar-refractivity contribution in [2.75, 3.05) is 31.1 Å². The van der Waals surface area contributed by atoms with Crippen LogP contribution in [-0.2, 0) is 6.18 Å². The largest absolute Gasteiger partial charge is 0.417 e. The molecule has 0 unspecified atom stereocenters. The van der Waals surface area contributed by atoms with Gasteiger partial charge in [-0.15, -0.1) is 0 Å². The first-order valence-corrected chi connectivity index (χ1v) is 11.3. The highest BCUT2D eigenvalue weighted by Crippen LogP contribution is 2.32. The minimum absolute atomic E-state index is 0.101. The molecule has 0 bridgehead atoms. The van der Waals surface area contributed by atoms with Crippen molar-refractivity contribution < 1.29 is 18.0 Å². The summed E-state index contributed by atoms with van der Waals surface area (Å²) in [4.78, 5) is 26.4. The second kappa shape index (κ2) is 9.43. The summed E-state index contributed by atoms with van der Waals surface area (Å²) in [5.74, 6) is 0.373. The van der Waals surface area contributed by atoms with E-state index in [-0.39, 0.29) is 5.91 Å². The summed E-state index contributed by atoms with van der Waals surface area (Å²) in [6, 6.07) is 12.1. The number of halogens is 3. The van der Waals surface area contributed by atoms with Gasteiger partial charge >= 0.3 is 6.18 Å². The van der Waals surface area contributed by atoms with Crippen LogP contribution < -0.4 is 4.90 Å². The molecule has 1 aliphatic rings. The van der Waals surface area contributed by atoms with Gasteiger partial charge in [-0.3, -0.25) is 4.79 Å². The van der Waals surface area contributed by atoms with Crippen molar-refractivity contribution >= 4 is 23.5 Å². The zero-order chi connectivity index (χ0) is 23.6. The van der Waals surface area contributed by atoms with Gasteiger partial charge in [0, 0.05) is 43.5 Å². The lowest BCUT2D eigenvalue weighted by Gasteiger charge is -2.35. The van der Waals surface area contributed by atoms with Crippen LogP contribution >= 0.6 is 11.8 Å². The second-order valence-electron chi connectivity index (χ2n) is 7.91. The first kappa shape index (κ1) is 23.1. The summed E-state index contributed by atoms with van der Waals surface area (Å²) >= 11 is 1.47. The van der Waals surface area contributed by atoms with Gasteiger partial charge in [-0.25, -0.2) is 9.97 Å². The Hall–Kier alpha value is -3.07. The van der Waals surface area contributed by atoms with E-state index in [1.54, 1.807) is 23.2 Å². The van der Waals surface area contributed by atoms with Gasteiger partial charge in [0.25, 0.3) is 5.91 Å². The quantitative estimate of drug-likeness (QED) is 0.521. The molecule has 3 heterocycles. The van der Waals surface area contributed by atoms with Gasteiger partial charge in [0.2, 0.25) is 0 Å². The maximum Gasteiger partial charge on any atom is 0.417 e. The zero-order valence-corrected chi connectivity index (χ0v) is 19.1. The topological polar surface area (TPSA) is 49.3 Å². The van der Waals surface area contributed by atoms with E-state index in [1.807, 2.05) is 30.9 Å². The molecule has 2 aromatic heterocycles. The van der Waals surface area contributed by atoms with Crippen molar-refractivity contribution in [3.05, 3.63) is 77.1 Å². The molecule has 9 heteroatoms. The Kier molecular flexibility index (Phi) is 6.60. The Morgan fingerprint density at radius 1 is 1.00 bits per heavy atom. The van der Waals surface area contributed by atoms with Crippen LogP contribution in [0.25, 0.3) is 0 Å². The molecule has 5 nitrogen and oxygen atoms in total. The summed E-state index contributed by atoms with van der Waals surface area (Å²) < 4.78 is 38.3. The van der Waals surface area contributed by atoms with Crippen LogP contribution in [0.2, 0.25) is 0 Å². The Morgan fingerprint density at radius 3 is 2.39 bits per heavy atom. The van der Waals surface area contributed by atoms with E-state index >= 15 is 0 Å². The van der Waals surface area contributed by atoms with Gasteiger partial charge in [0.05, 0.1) is 11.1 Å². The van der Waals surface area contributed by atoms with Crippen molar-refractivity contribution in [1.29, 1.82) is 0 Å². The van der Waals surface area contributed by atoms with Gasteiger partial charge in [0.1, 0.15) is 10.8 Å². The van der Waals surface area contributed by atoms with E-state index in [4.69, 9.17) is 0 Å². The third-order valence-electron chi connectivity index (χ3n) is 5.50. The number of alkyl halides is 3. The van der Waals surface area contributed by atoms with Crippen molar-refractivity contribution in [2.45, 2.75) is 29.9 Å². The standard InChI is InChI=1S/C24H23F3N4OS/c1-16-5-7-20(17(2)14-16)33-22-19(4-3-9-28-22)23(32)31-12-10-30(11-13-31)21-8-6-18(15-29-21)24(25,26)27/h3-9,14-15H,10-13H2,1-2H3. The molecule has 0 spiro atoms. The smallest absolute Gasteiger partial charge is 0.353 e. The zero-order valence-electron chi connectivity index (χ0n) is 18.3. The number of amides is 1. The molecule has 33 heavy (non-hydrogen) atoms. The van der Waals surface area contributed by atoms with Gasteiger partial charge < -0.3 is 9.80 Å². The molecule has 0 atom stereocenters. The van der Waals surface area contributed by atoms with Gasteiger partial charge in [0.15, 0.2) is 0 Å². The fraction of sp³-hybridized carbons (Fsp3) is 0.292. The number of hydrogen-bond acceptors (Lipinski definition) is 5. The first-order chi connectivity index (χ1) is 15.7. The molecule has 172 valence electrons. The molecular formula is C24H23F3N4OS. The molecule has 1 aliphatic heterocycles. The van der Waals surface area contributed by atoms with Crippen LogP contribution in [-0.4, -0.2) is 47.0 Å². The van der Waals surface area contributed by atoms with E-state index in [0.717, 1.165) is 22.7 Å². The monoisotopic (exact) mass is 472 g/mol.